The Morgan fingerprint density at radius 1 is 1.29 bits per heavy atom. The molecule has 0 bridgehead atoms. The van der Waals surface area contributed by atoms with Gasteiger partial charge in [-0.05, 0) is 54.9 Å². The van der Waals surface area contributed by atoms with Crippen LogP contribution in [0.15, 0.2) is 23.8 Å². The number of hydrogen-bond donors (Lipinski definition) is 0. The summed E-state index contributed by atoms with van der Waals surface area (Å²) in [5, 5.41) is 18.3. The Hall–Kier alpha value is -2.13. The molecule has 24 heavy (non-hydrogen) atoms. The smallest absolute Gasteiger partial charge is 0.156 e. The third kappa shape index (κ3) is 3.36. The van der Waals surface area contributed by atoms with Crippen LogP contribution in [0, 0.1) is 0 Å². The molecule has 0 saturated carbocycles. The molecule has 8 nitrogen and oxygen atoms in total. The highest BCUT2D eigenvalue weighted by molar-refractivity contribution is 7.09. The lowest BCUT2D eigenvalue weighted by atomic mass is 10.1. The second kappa shape index (κ2) is 6.78. The third-order valence-corrected chi connectivity index (χ3v) is 5.26. The molecule has 9 heteroatoms. The largest absolute Gasteiger partial charge is 0.306 e. The van der Waals surface area contributed by atoms with Gasteiger partial charge in [-0.1, -0.05) is 6.07 Å². The van der Waals surface area contributed by atoms with Crippen LogP contribution in [0.5, 0.6) is 0 Å². The fourth-order valence-corrected chi connectivity index (χ4v) is 3.79. The van der Waals surface area contributed by atoms with E-state index in [4.69, 9.17) is 10.1 Å². The van der Waals surface area contributed by atoms with Crippen molar-refractivity contribution in [2.75, 3.05) is 20.1 Å². The highest BCUT2D eigenvalue weighted by atomic mass is 32.1. The minimum absolute atomic E-state index is 0.400. The Kier molecular flexibility index (Phi) is 4.35. The number of rotatable bonds is 5. The van der Waals surface area contributed by atoms with E-state index >= 15 is 0 Å². The Labute approximate surface area is 144 Å². The second-order valence-electron chi connectivity index (χ2n) is 6.19. The van der Waals surface area contributed by atoms with Gasteiger partial charge in [0.05, 0.1) is 6.04 Å². The van der Waals surface area contributed by atoms with Gasteiger partial charge in [0, 0.05) is 11.3 Å². The van der Waals surface area contributed by atoms with Crippen molar-refractivity contribution in [1.82, 2.24) is 39.9 Å². The van der Waals surface area contributed by atoms with Gasteiger partial charge in [-0.3, -0.25) is 0 Å². The maximum absolute atomic E-state index is 4.83. The minimum atomic E-state index is 0.400. The van der Waals surface area contributed by atoms with Crippen molar-refractivity contribution >= 4 is 11.3 Å². The topological polar surface area (TPSA) is 77.5 Å². The van der Waals surface area contributed by atoms with Crippen LogP contribution in [-0.4, -0.2) is 60.0 Å². The van der Waals surface area contributed by atoms with Gasteiger partial charge < -0.3 is 4.90 Å². The molecule has 126 valence electrons. The normalized spacial score (nSPS) is 16.7. The lowest BCUT2D eigenvalue weighted by Crippen LogP contribution is -2.32. The van der Waals surface area contributed by atoms with Crippen molar-refractivity contribution in [3.8, 4) is 0 Å². The summed E-state index contributed by atoms with van der Waals surface area (Å²) in [4.78, 5) is 8.43. The van der Waals surface area contributed by atoms with Crippen LogP contribution in [0.1, 0.15) is 35.4 Å². The van der Waals surface area contributed by atoms with Gasteiger partial charge in [-0.2, -0.15) is 5.10 Å². The zero-order valence-electron chi connectivity index (χ0n) is 13.6. The first-order valence-corrected chi connectivity index (χ1v) is 9.02. The molecule has 1 saturated heterocycles. The summed E-state index contributed by atoms with van der Waals surface area (Å²) in [5.74, 6) is 1.81. The zero-order valence-corrected chi connectivity index (χ0v) is 14.4. The lowest BCUT2D eigenvalue weighted by molar-refractivity contribution is 0.208. The lowest BCUT2D eigenvalue weighted by Gasteiger charge is -2.29. The summed E-state index contributed by atoms with van der Waals surface area (Å²) < 4.78 is 3.81. The van der Waals surface area contributed by atoms with E-state index in [2.05, 4.69) is 49.7 Å². The van der Waals surface area contributed by atoms with Crippen LogP contribution in [-0.2, 0) is 13.0 Å². The molecule has 0 amide bonds. The Balaban J connectivity index is 1.60. The molecule has 0 aliphatic carbocycles. The summed E-state index contributed by atoms with van der Waals surface area (Å²) in [7, 11) is 2.17. The molecule has 4 rings (SSSR count). The van der Waals surface area contributed by atoms with Crippen molar-refractivity contribution < 1.29 is 0 Å². The molecule has 4 heterocycles. The number of hydrogen-bond acceptors (Lipinski definition) is 7. The molecule has 0 unspecified atom stereocenters. The van der Waals surface area contributed by atoms with Crippen molar-refractivity contribution in [1.29, 1.82) is 0 Å². The van der Waals surface area contributed by atoms with Crippen LogP contribution in [0.3, 0.4) is 0 Å². The molecule has 0 N–H and O–H groups in total. The van der Waals surface area contributed by atoms with Crippen LogP contribution in [0.2, 0.25) is 0 Å². The van der Waals surface area contributed by atoms with Crippen molar-refractivity contribution in [2.45, 2.75) is 31.8 Å². The predicted octanol–water partition coefficient (Wildman–Crippen LogP) is 1.23. The van der Waals surface area contributed by atoms with Gasteiger partial charge in [0.15, 0.2) is 5.82 Å². The molecule has 0 radical (unpaired) electrons. The zero-order chi connectivity index (χ0) is 16.4. The Morgan fingerprint density at radius 3 is 2.88 bits per heavy atom. The monoisotopic (exact) mass is 344 g/mol. The first kappa shape index (κ1) is 15.4. The van der Waals surface area contributed by atoms with E-state index in [1.807, 2.05) is 0 Å². The summed E-state index contributed by atoms with van der Waals surface area (Å²) in [5.41, 5.74) is 0. The van der Waals surface area contributed by atoms with Gasteiger partial charge in [0.2, 0.25) is 0 Å². The number of thiophene rings is 1. The van der Waals surface area contributed by atoms with E-state index in [0.717, 1.165) is 44.0 Å². The molecule has 0 atom stereocenters. The first-order valence-electron chi connectivity index (χ1n) is 8.14. The Morgan fingerprint density at radius 2 is 2.17 bits per heavy atom. The fourth-order valence-electron chi connectivity index (χ4n) is 3.09. The summed E-state index contributed by atoms with van der Waals surface area (Å²) in [6.07, 6.45) is 4.59. The summed E-state index contributed by atoms with van der Waals surface area (Å²) >= 11 is 1.74. The summed E-state index contributed by atoms with van der Waals surface area (Å²) in [6, 6.07) is 4.59. The van der Waals surface area contributed by atoms with E-state index in [-0.39, 0.29) is 0 Å². The van der Waals surface area contributed by atoms with Gasteiger partial charge in [-0.25, -0.2) is 14.3 Å². The number of aromatic nitrogens is 7. The van der Waals surface area contributed by atoms with Gasteiger partial charge in [0.25, 0.3) is 0 Å². The third-order valence-electron chi connectivity index (χ3n) is 4.39. The van der Waals surface area contributed by atoms with Gasteiger partial charge in [-0.15, -0.1) is 16.4 Å². The molecular formula is C15H20N8S. The minimum Gasteiger partial charge on any atom is -0.306 e. The van der Waals surface area contributed by atoms with Crippen LogP contribution >= 0.6 is 11.3 Å². The van der Waals surface area contributed by atoms with Crippen LogP contribution in [0.25, 0.3) is 0 Å². The standard InChI is InChI=1S/C15H20N8S/c1-21-6-4-12(5-7-21)23-15(10-22-11-16-19-20-22)17-14(18-23)9-13-3-2-8-24-13/h2-3,8,11-12H,4-7,9-10H2,1H3. The van der Waals surface area contributed by atoms with Gasteiger partial charge >= 0.3 is 0 Å². The average molecular weight is 344 g/mol. The molecule has 1 fully saturated rings. The van der Waals surface area contributed by atoms with Crippen molar-refractivity contribution in [2.24, 2.45) is 0 Å². The van der Waals surface area contributed by atoms with E-state index in [1.165, 1.54) is 4.88 Å². The van der Waals surface area contributed by atoms with E-state index in [1.54, 1.807) is 22.3 Å². The maximum atomic E-state index is 4.83. The molecule has 3 aromatic heterocycles. The SMILES string of the molecule is CN1CCC(n2nc(Cc3cccs3)nc2Cn2cnnn2)CC1. The molecular weight excluding hydrogens is 324 g/mol. The van der Waals surface area contributed by atoms with Crippen LogP contribution in [0.4, 0.5) is 0 Å². The second-order valence-corrected chi connectivity index (χ2v) is 7.22. The number of nitrogens with zero attached hydrogens (tertiary/aromatic N) is 8. The molecule has 1 aliphatic rings. The molecule has 3 aromatic rings. The number of likely N-dealkylation sites (tertiary alicyclic amines) is 1. The molecule has 0 spiro atoms. The fraction of sp³-hybridized carbons (Fsp3) is 0.533. The van der Waals surface area contributed by atoms with Crippen molar-refractivity contribution in [3.63, 3.8) is 0 Å². The van der Waals surface area contributed by atoms with E-state index < -0.39 is 0 Å². The number of piperidine rings is 1. The highest BCUT2D eigenvalue weighted by Gasteiger charge is 2.23. The van der Waals surface area contributed by atoms with E-state index in [0.29, 0.717) is 12.6 Å². The maximum Gasteiger partial charge on any atom is 0.156 e. The van der Waals surface area contributed by atoms with Crippen molar-refractivity contribution in [3.05, 3.63) is 40.4 Å². The average Bonchev–Trinajstić information content (AvgIpc) is 3.32. The summed E-state index contributed by atoms with van der Waals surface area (Å²) in [6.45, 7) is 2.74. The van der Waals surface area contributed by atoms with E-state index in [9.17, 15) is 0 Å². The predicted molar refractivity (Wildman–Crippen MR) is 89.8 cm³/mol. The number of tetrazole rings is 1. The Bertz CT molecular complexity index is 756. The first-order chi connectivity index (χ1) is 11.8. The van der Waals surface area contributed by atoms with Gasteiger partial charge in [0.1, 0.15) is 18.7 Å². The highest BCUT2D eigenvalue weighted by Crippen LogP contribution is 2.23. The molecule has 0 aromatic carbocycles. The quantitative estimate of drug-likeness (QED) is 0.693. The van der Waals surface area contributed by atoms with Crippen LogP contribution < -0.4 is 0 Å². The molecule has 1 aliphatic heterocycles.